The molecule has 98 valence electrons. The molecule has 1 aliphatic rings. The molecule has 0 amide bonds. The summed E-state index contributed by atoms with van der Waals surface area (Å²) in [5, 5.41) is 3.43. The second-order valence-corrected chi connectivity index (χ2v) is 4.32. The Balaban J connectivity index is 0.00000128. The van der Waals surface area contributed by atoms with Gasteiger partial charge in [0.15, 0.2) is 0 Å². The lowest BCUT2D eigenvalue weighted by Crippen LogP contribution is -2.33. The van der Waals surface area contributed by atoms with E-state index in [1.807, 2.05) is 6.07 Å². The van der Waals surface area contributed by atoms with Crippen molar-refractivity contribution in [3.8, 4) is 5.75 Å². The van der Waals surface area contributed by atoms with E-state index in [1.54, 1.807) is 7.11 Å². The molecule has 2 atom stereocenters. The summed E-state index contributed by atoms with van der Waals surface area (Å²) < 4.78 is 5.43. The predicted octanol–water partition coefficient (Wildman–Crippen LogP) is 3.25. The van der Waals surface area contributed by atoms with Crippen molar-refractivity contribution in [1.29, 1.82) is 0 Å². The number of halogens is 2. The van der Waals surface area contributed by atoms with Gasteiger partial charge in [-0.3, -0.25) is 0 Å². The molecule has 0 spiro atoms. The van der Waals surface area contributed by atoms with Crippen LogP contribution in [0, 0.1) is 5.92 Å². The maximum atomic E-state index is 5.43. The summed E-state index contributed by atoms with van der Waals surface area (Å²) in [5.41, 5.74) is 1.37. The van der Waals surface area contributed by atoms with Crippen molar-refractivity contribution in [3.63, 3.8) is 0 Å². The molecule has 1 fully saturated rings. The average molecular weight is 278 g/mol. The van der Waals surface area contributed by atoms with Crippen LogP contribution in [0.25, 0.3) is 0 Å². The van der Waals surface area contributed by atoms with E-state index in [-0.39, 0.29) is 24.8 Å². The van der Waals surface area contributed by atoms with E-state index >= 15 is 0 Å². The standard InChI is InChI=1S/C13H19NO.2ClH/c1-10-9-14-8-7-11(10)12-5-3-4-6-13(12)15-2;;/h3-6,10-11,14H,7-9H2,1-2H3;2*1H/t10-,11+;;/m1../s1. The van der Waals surface area contributed by atoms with Gasteiger partial charge in [0, 0.05) is 0 Å². The van der Waals surface area contributed by atoms with Crippen molar-refractivity contribution < 1.29 is 4.74 Å². The van der Waals surface area contributed by atoms with Crippen molar-refractivity contribution in [2.24, 2.45) is 5.92 Å². The first kappa shape index (κ1) is 16.6. The van der Waals surface area contributed by atoms with Crippen molar-refractivity contribution in [3.05, 3.63) is 29.8 Å². The summed E-state index contributed by atoms with van der Waals surface area (Å²) in [6.45, 7) is 4.54. The van der Waals surface area contributed by atoms with Gasteiger partial charge in [-0.05, 0) is 43.0 Å². The lowest BCUT2D eigenvalue weighted by Gasteiger charge is -2.30. The van der Waals surface area contributed by atoms with Gasteiger partial charge in [-0.2, -0.15) is 0 Å². The number of methoxy groups -OCH3 is 1. The summed E-state index contributed by atoms with van der Waals surface area (Å²) in [4.78, 5) is 0. The summed E-state index contributed by atoms with van der Waals surface area (Å²) in [6, 6.07) is 8.40. The second kappa shape index (κ2) is 7.80. The monoisotopic (exact) mass is 277 g/mol. The molecular formula is C13H21Cl2NO. The smallest absolute Gasteiger partial charge is 0.122 e. The Bertz CT molecular complexity index is 333. The minimum Gasteiger partial charge on any atom is -0.496 e. The van der Waals surface area contributed by atoms with E-state index < -0.39 is 0 Å². The van der Waals surface area contributed by atoms with Gasteiger partial charge in [0.1, 0.15) is 5.75 Å². The lowest BCUT2D eigenvalue weighted by molar-refractivity contribution is 0.334. The fourth-order valence-corrected chi connectivity index (χ4v) is 2.45. The normalized spacial score (nSPS) is 23.2. The van der Waals surface area contributed by atoms with Crippen LogP contribution in [0.5, 0.6) is 5.75 Å². The van der Waals surface area contributed by atoms with E-state index in [1.165, 1.54) is 12.0 Å². The quantitative estimate of drug-likeness (QED) is 0.896. The molecule has 0 saturated carbocycles. The first-order valence-electron chi connectivity index (χ1n) is 5.66. The third-order valence-corrected chi connectivity index (χ3v) is 3.32. The summed E-state index contributed by atoms with van der Waals surface area (Å²) >= 11 is 0. The van der Waals surface area contributed by atoms with E-state index in [0.717, 1.165) is 18.8 Å². The van der Waals surface area contributed by atoms with Crippen LogP contribution in [0.2, 0.25) is 0 Å². The molecule has 0 radical (unpaired) electrons. The summed E-state index contributed by atoms with van der Waals surface area (Å²) in [5.74, 6) is 2.37. The highest BCUT2D eigenvalue weighted by molar-refractivity contribution is 5.85. The topological polar surface area (TPSA) is 21.3 Å². The zero-order chi connectivity index (χ0) is 10.7. The Kier molecular flexibility index (Phi) is 7.60. The predicted molar refractivity (Wildman–Crippen MR) is 76.9 cm³/mol. The number of benzene rings is 1. The first-order valence-corrected chi connectivity index (χ1v) is 5.66. The van der Waals surface area contributed by atoms with Gasteiger partial charge >= 0.3 is 0 Å². The van der Waals surface area contributed by atoms with Gasteiger partial charge in [0.2, 0.25) is 0 Å². The van der Waals surface area contributed by atoms with Gasteiger partial charge in [-0.1, -0.05) is 25.1 Å². The third-order valence-electron chi connectivity index (χ3n) is 3.32. The summed E-state index contributed by atoms with van der Waals surface area (Å²) in [6.07, 6.45) is 1.21. The molecule has 0 aromatic heterocycles. The van der Waals surface area contributed by atoms with Gasteiger partial charge in [0.25, 0.3) is 0 Å². The molecule has 0 bridgehead atoms. The highest BCUT2D eigenvalue weighted by Crippen LogP contribution is 2.35. The zero-order valence-electron chi connectivity index (χ0n) is 10.3. The largest absolute Gasteiger partial charge is 0.496 e. The molecule has 17 heavy (non-hydrogen) atoms. The van der Waals surface area contributed by atoms with Crippen LogP contribution in [0.1, 0.15) is 24.8 Å². The number of ether oxygens (including phenoxy) is 1. The molecule has 1 aromatic rings. The highest BCUT2D eigenvalue weighted by atomic mass is 35.5. The van der Waals surface area contributed by atoms with Crippen molar-refractivity contribution in [1.82, 2.24) is 5.32 Å². The molecular weight excluding hydrogens is 257 g/mol. The van der Waals surface area contributed by atoms with Crippen LogP contribution in [0.15, 0.2) is 24.3 Å². The van der Waals surface area contributed by atoms with Crippen LogP contribution in [-0.4, -0.2) is 20.2 Å². The molecule has 1 saturated heterocycles. The number of hydrogen-bond acceptors (Lipinski definition) is 2. The molecule has 1 N–H and O–H groups in total. The minimum absolute atomic E-state index is 0. The van der Waals surface area contributed by atoms with Crippen molar-refractivity contribution in [2.45, 2.75) is 19.3 Å². The van der Waals surface area contributed by atoms with Crippen molar-refractivity contribution >= 4 is 24.8 Å². The third kappa shape index (κ3) is 3.77. The second-order valence-electron chi connectivity index (χ2n) is 4.32. The van der Waals surface area contributed by atoms with Gasteiger partial charge in [-0.25, -0.2) is 0 Å². The van der Waals surface area contributed by atoms with Gasteiger partial charge < -0.3 is 10.1 Å². The SMILES string of the molecule is COc1ccccc1[C@H]1CCNC[C@H]1C.Cl.Cl. The average Bonchev–Trinajstić information content (AvgIpc) is 2.30. The van der Waals surface area contributed by atoms with Crippen LogP contribution in [0.4, 0.5) is 0 Å². The van der Waals surface area contributed by atoms with Crippen LogP contribution in [0.3, 0.4) is 0 Å². The molecule has 2 nitrogen and oxygen atoms in total. The van der Waals surface area contributed by atoms with Gasteiger partial charge in [-0.15, -0.1) is 24.8 Å². The Labute approximate surface area is 116 Å². The fraction of sp³-hybridized carbons (Fsp3) is 0.538. The Morgan fingerprint density at radius 2 is 1.94 bits per heavy atom. The van der Waals surface area contributed by atoms with Crippen LogP contribution >= 0.6 is 24.8 Å². The van der Waals surface area contributed by atoms with Gasteiger partial charge in [0.05, 0.1) is 7.11 Å². The molecule has 1 aromatic carbocycles. The number of piperidine rings is 1. The van der Waals surface area contributed by atoms with E-state index in [4.69, 9.17) is 4.74 Å². The van der Waals surface area contributed by atoms with E-state index in [9.17, 15) is 0 Å². The molecule has 1 heterocycles. The number of hydrogen-bond donors (Lipinski definition) is 1. The zero-order valence-corrected chi connectivity index (χ0v) is 11.9. The number of para-hydroxylation sites is 1. The Hall–Kier alpha value is -0.440. The highest BCUT2D eigenvalue weighted by Gasteiger charge is 2.24. The fourth-order valence-electron chi connectivity index (χ4n) is 2.45. The Morgan fingerprint density at radius 1 is 1.24 bits per heavy atom. The maximum absolute atomic E-state index is 5.43. The summed E-state index contributed by atoms with van der Waals surface area (Å²) in [7, 11) is 1.75. The van der Waals surface area contributed by atoms with E-state index in [2.05, 4.69) is 30.4 Å². The molecule has 0 aliphatic carbocycles. The Morgan fingerprint density at radius 3 is 2.59 bits per heavy atom. The van der Waals surface area contributed by atoms with Crippen LogP contribution in [-0.2, 0) is 0 Å². The molecule has 4 heteroatoms. The minimum atomic E-state index is 0. The molecule has 1 aliphatic heterocycles. The maximum Gasteiger partial charge on any atom is 0.122 e. The molecule has 0 unspecified atom stereocenters. The van der Waals surface area contributed by atoms with Crippen molar-refractivity contribution in [2.75, 3.05) is 20.2 Å². The number of nitrogens with one attached hydrogen (secondary N) is 1. The molecule has 2 rings (SSSR count). The lowest BCUT2D eigenvalue weighted by atomic mass is 9.82. The van der Waals surface area contributed by atoms with Crippen LogP contribution < -0.4 is 10.1 Å². The van der Waals surface area contributed by atoms with E-state index in [0.29, 0.717) is 11.8 Å². The first-order chi connectivity index (χ1) is 7.33. The number of rotatable bonds is 2.